The topological polar surface area (TPSA) is 64.6 Å². The zero-order valence-electron chi connectivity index (χ0n) is 11.3. The van der Waals surface area contributed by atoms with Crippen LogP contribution in [0, 0.1) is 0 Å². The van der Waals surface area contributed by atoms with Gasteiger partial charge in [-0.2, -0.15) is 0 Å². The quantitative estimate of drug-likeness (QED) is 0.431. The van der Waals surface area contributed by atoms with Crippen LogP contribution in [0.25, 0.3) is 0 Å². The average Bonchev–Trinajstić information content (AvgIpc) is 2.17. The number of hydrogen-bond donors (Lipinski definition) is 0. The first-order valence-electron chi connectivity index (χ1n) is 5.44. The van der Waals surface area contributed by atoms with Crippen LogP contribution in [0.15, 0.2) is 0 Å². The van der Waals surface area contributed by atoms with Gasteiger partial charge in [-0.25, -0.2) is 0 Å². The molecular weight excluding hydrogens is 409 g/mol. The van der Waals surface area contributed by atoms with Gasteiger partial charge in [0.2, 0.25) is 0 Å². The largest absolute Gasteiger partial charge is 2.00 e. The fourth-order valence-electron chi connectivity index (χ4n) is 0.707. The minimum atomic E-state index is -2.69. The summed E-state index contributed by atoms with van der Waals surface area (Å²) in [5.41, 5.74) is -5.39. The summed E-state index contributed by atoms with van der Waals surface area (Å²) >= 11 is 11.7. The van der Waals surface area contributed by atoms with Gasteiger partial charge in [-0.1, -0.05) is 37.5 Å². The molecule has 4 nitrogen and oxygen atoms in total. The van der Waals surface area contributed by atoms with E-state index < -0.39 is 11.4 Å². The van der Waals surface area contributed by atoms with Crippen molar-refractivity contribution < 1.29 is 35.3 Å². The summed E-state index contributed by atoms with van der Waals surface area (Å²) in [5.74, 6) is 1.50. The molecule has 0 aromatic carbocycles. The summed E-state index contributed by atoms with van der Waals surface area (Å²) < 4.78 is 9.61. The third-order valence-electron chi connectivity index (χ3n) is 1.15. The molecule has 0 saturated carbocycles. The predicted molar refractivity (Wildman–Crippen MR) is 88.1 cm³/mol. The van der Waals surface area contributed by atoms with Crippen molar-refractivity contribution in [2.45, 2.75) is 27.7 Å². The molecule has 19 heavy (non-hydrogen) atoms. The van der Waals surface area contributed by atoms with Crippen LogP contribution in [0.1, 0.15) is 27.7 Å². The maximum Gasteiger partial charge on any atom is 2.00 e. The fraction of sp³-hybridized carbons (Fsp3) is 1.00. The standard InChI is InChI=1S/2C4H11O2PS2.Ni/c2*1-3-6-7(5,8)9-4-2;/h2*3-4H2,1-2H3,(H,5,8);/q;;+2/p-2. The van der Waals surface area contributed by atoms with Gasteiger partial charge >= 0.3 is 16.5 Å². The Morgan fingerprint density at radius 1 is 0.842 bits per heavy atom. The third kappa shape index (κ3) is 20.3. The van der Waals surface area contributed by atoms with Crippen molar-refractivity contribution in [3.05, 3.63) is 0 Å². The van der Waals surface area contributed by atoms with E-state index in [-0.39, 0.29) is 16.5 Å². The second-order valence-electron chi connectivity index (χ2n) is 2.57. The molecule has 0 heterocycles. The molecule has 120 valence electrons. The Bertz CT molecular complexity index is 248. The molecule has 0 aliphatic carbocycles. The predicted octanol–water partition coefficient (Wildman–Crippen LogP) is 2.72. The van der Waals surface area contributed by atoms with Crippen molar-refractivity contribution in [3.8, 4) is 0 Å². The summed E-state index contributed by atoms with van der Waals surface area (Å²) in [6.07, 6.45) is 0. The van der Waals surface area contributed by atoms with Crippen LogP contribution in [-0.4, -0.2) is 24.7 Å². The molecular formula is C8H20NiO4P2S4. The molecule has 0 aromatic heterocycles. The smallest absolute Gasteiger partial charge is 0.793 e. The maximum atomic E-state index is 11.0. The van der Waals surface area contributed by atoms with Crippen LogP contribution in [0.4, 0.5) is 0 Å². The van der Waals surface area contributed by atoms with E-state index in [4.69, 9.17) is 9.05 Å². The summed E-state index contributed by atoms with van der Waals surface area (Å²) in [4.78, 5) is 21.9. The van der Waals surface area contributed by atoms with Crippen LogP contribution in [-0.2, 0) is 49.2 Å². The molecule has 2 unspecified atom stereocenters. The van der Waals surface area contributed by atoms with Crippen molar-refractivity contribution in [1.29, 1.82) is 0 Å². The molecule has 0 rings (SSSR count). The molecule has 2 atom stereocenters. The van der Waals surface area contributed by atoms with Crippen molar-refractivity contribution in [2.75, 3.05) is 24.7 Å². The molecule has 0 amide bonds. The first-order valence-corrected chi connectivity index (χ1v) is 13.9. The summed E-state index contributed by atoms with van der Waals surface area (Å²) in [7, 11) is 0. The fourth-order valence-corrected chi connectivity index (χ4v) is 7.63. The van der Waals surface area contributed by atoms with E-state index in [0.29, 0.717) is 13.2 Å². The Morgan fingerprint density at radius 2 is 1.11 bits per heavy atom. The minimum absolute atomic E-state index is 0. The molecule has 0 aliphatic heterocycles. The Labute approximate surface area is 144 Å². The minimum Gasteiger partial charge on any atom is -0.793 e. The molecule has 0 radical (unpaired) electrons. The molecule has 0 aromatic rings. The van der Waals surface area contributed by atoms with Crippen LogP contribution in [0.2, 0.25) is 0 Å². The van der Waals surface area contributed by atoms with Gasteiger partial charge in [0.05, 0.1) is 0 Å². The molecule has 0 fully saturated rings. The van der Waals surface area contributed by atoms with Crippen LogP contribution in [0.5, 0.6) is 0 Å². The summed E-state index contributed by atoms with van der Waals surface area (Å²) in [6, 6.07) is 0. The van der Waals surface area contributed by atoms with E-state index in [1.54, 1.807) is 13.8 Å². The summed E-state index contributed by atoms with van der Waals surface area (Å²) in [6.45, 7) is 8.26. The molecule has 11 heteroatoms. The van der Waals surface area contributed by atoms with E-state index in [2.05, 4.69) is 23.6 Å². The van der Waals surface area contributed by atoms with Gasteiger partial charge in [0.1, 0.15) is 0 Å². The Balaban J connectivity index is -0.000000256. The van der Waals surface area contributed by atoms with Crippen molar-refractivity contribution in [3.63, 3.8) is 0 Å². The summed E-state index contributed by atoms with van der Waals surface area (Å²) in [5, 5.41) is 0. The zero-order chi connectivity index (χ0) is 14.7. The van der Waals surface area contributed by atoms with Gasteiger partial charge in [-0.15, -0.1) is 22.8 Å². The van der Waals surface area contributed by atoms with Crippen molar-refractivity contribution in [1.82, 2.24) is 0 Å². The van der Waals surface area contributed by atoms with Crippen LogP contribution < -0.4 is 9.79 Å². The first-order chi connectivity index (χ1) is 8.24. The van der Waals surface area contributed by atoms with Gasteiger partial charge in [-0.05, 0) is 25.4 Å². The maximum absolute atomic E-state index is 11.0. The van der Waals surface area contributed by atoms with Crippen LogP contribution in [0.3, 0.4) is 0 Å². The normalized spacial score (nSPS) is 16.3. The number of rotatable bonds is 8. The van der Waals surface area contributed by atoms with Crippen molar-refractivity contribution >= 4 is 57.8 Å². The Morgan fingerprint density at radius 3 is 1.26 bits per heavy atom. The van der Waals surface area contributed by atoms with E-state index in [1.807, 2.05) is 13.8 Å². The van der Waals surface area contributed by atoms with E-state index >= 15 is 0 Å². The second kappa shape index (κ2) is 15.2. The van der Waals surface area contributed by atoms with Crippen LogP contribution >= 0.6 is 34.2 Å². The number of hydrogen-bond acceptors (Lipinski definition) is 8. The molecule has 0 saturated heterocycles. The Kier molecular flexibility index (Phi) is 21.0. The van der Waals surface area contributed by atoms with E-state index in [9.17, 15) is 9.79 Å². The van der Waals surface area contributed by atoms with Crippen molar-refractivity contribution in [2.24, 2.45) is 0 Å². The Hall–Kier alpha value is 2.33. The molecule has 0 bridgehead atoms. The molecule has 0 spiro atoms. The first kappa shape index (κ1) is 26.2. The van der Waals surface area contributed by atoms with Gasteiger partial charge in [-0.3, -0.25) is 0 Å². The average molecular weight is 429 g/mol. The second-order valence-corrected chi connectivity index (χ2v) is 15.2. The van der Waals surface area contributed by atoms with Gasteiger partial charge in [0.15, 0.2) is 0 Å². The van der Waals surface area contributed by atoms with Gasteiger partial charge < -0.3 is 18.8 Å². The third-order valence-corrected chi connectivity index (χ3v) is 10.1. The van der Waals surface area contributed by atoms with Gasteiger partial charge in [0.25, 0.3) is 0 Å². The SMILES string of the molecule is CCOP([O-])(=S)SCC.CCOP([O-])(=S)SCC.[Ni+2]. The van der Waals surface area contributed by atoms with E-state index in [1.165, 1.54) is 22.8 Å². The van der Waals surface area contributed by atoms with Gasteiger partial charge in [0, 0.05) is 24.6 Å². The molecule has 0 N–H and O–H groups in total. The zero-order valence-corrected chi connectivity index (χ0v) is 17.3. The van der Waals surface area contributed by atoms with E-state index in [0.717, 1.165) is 11.5 Å². The monoisotopic (exact) mass is 428 g/mol. The molecule has 0 aliphatic rings.